The van der Waals surface area contributed by atoms with E-state index in [1.165, 1.54) is 0 Å². The van der Waals surface area contributed by atoms with Crippen LogP contribution in [0.15, 0.2) is 45.6 Å². The highest BCUT2D eigenvalue weighted by Gasteiger charge is 2.22. The molecule has 32 heavy (non-hydrogen) atoms. The number of hydrogen-bond acceptors (Lipinski definition) is 7. The number of hydrogen-bond donors (Lipinski definition) is 0. The van der Waals surface area contributed by atoms with Gasteiger partial charge in [0.1, 0.15) is 5.58 Å². The second-order valence-electron chi connectivity index (χ2n) is 7.65. The minimum atomic E-state index is -0.295. The van der Waals surface area contributed by atoms with Gasteiger partial charge in [-0.2, -0.15) is 0 Å². The van der Waals surface area contributed by atoms with Crippen molar-refractivity contribution < 1.29 is 18.6 Å². The summed E-state index contributed by atoms with van der Waals surface area (Å²) in [5.74, 6) is 1.34. The first-order valence-electron chi connectivity index (χ1n) is 10.1. The van der Waals surface area contributed by atoms with Gasteiger partial charge in [-0.1, -0.05) is 6.07 Å². The first-order chi connectivity index (χ1) is 15.3. The van der Waals surface area contributed by atoms with Crippen LogP contribution in [0.3, 0.4) is 0 Å². The Hall–Kier alpha value is -3.87. The van der Waals surface area contributed by atoms with Crippen LogP contribution in [-0.2, 0) is 0 Å². The second-order valence-corrected chi connectivity index (χ2v) is 7.65. The Morgan fingerprint density at radius 3 is 2.19 bits per heavy atom. The maximum atomic E-state index is 13.6. The van der Waals surface area contributed by atoms with Gasteiger partial charge < -0.3 is 18.6 Å². The van der Waals surface area contributed by atoms with Crippen LogP contribution in [0.4, 0.5) is 0 Å². The molecule has 2 aromatic heterocycles. The fourth-order valence-electron chi connectivity index (χ4n) is 3.76. The third-order valence-corrected chi connectivity index (χ3v) is 5.10. The average Bonchev–Trinajstić information content (AvgIpc) is 2.73. The van der Waals surface area contributed by atoms with Gasteiger partial charge in [-0.05, 0) is 69.2 Å². The molecule has 0 saturated carbocycles. The predicted molar refractivity (Wildman–Crippen MR) is 122 cm³/mol. The van der Waals surface area contributed by atoms with E-state index in [0.717, 1.165) is 22.5 Å². The van der Waals surface area contributed by atoms with Crippen molar-refractivity contribution in [3.05, 3.63) is 69.1 Å². The highest BCUT2D eigenvalue weighted by atomic mass is 16.5. The molecule has 2 heterocycles. The van der Waals surface area contributed by atoms with Crippen molar-refractivity contribution >= 4 is 11.0 Å². The number of nitrogens with zero attached hydrogens (tertiary/aromatic N) is 2. The molecule has 0 bridgehead atoms. The molecule has 0 spiro atoms. The van der Waals surface area contributed by atoms with Gasteiger partial charge in [-0.3, -0.25) is 4.79 Å². The highest BCUT2D eigenvalue weighted by molar-refractivity contribution is 5.85. The van der Waals surface area contributed by atoms with Crippen molar-refractivity contribution in [1.29, 1.82) is 0 Å². The van der Waals surface area contributed by atoms with Crippen LogP contribution in [-0.4, -0.2) is 24.2 Å². The molecule has 0 unspecified atom stereocenters. The fourth-order valence-corrected chi connectivity index (χ4v) is 3.76. The van der Waals surface area contributed by atoms with Crippen LogP contribution in [0.2, 0.25) is 0 Å². The van der Waals surface area contributed by atoms with Crippen molar-refractivity contribution in [3.8, 4) is 34.6 Å². The van der Waals surface area contributed by atoms with Gasteiger partial charge in [0.05, 0.1) is 19.6 Å². The lowest BCUT2D eigenvalue weighted by atomic mass is 10.0. The number of rotatable bonds is 5. The molecule has 0 aliphatic carbocycles. The van der Waals surface area contributed by atoms with Crippen molar-refractivity contribution in [2.24, 2.45) is 0 Å². The van der Waals surface area contributed by atoms with Crippen LogP contribution in [0.5, 0.6) is 23.3 Å². The predicted octanol–water partition coefficient (Wildman–Crippen LogP) is 5.29. The number of methoxy groups -OCH3 is 2. The normalized spacial score (nSPS) is 10.9. The molecule has 0 fully saturated rings. The van der Waals surface area contributed by atoms with Crippen LogP contribution in [0.25, 0.3) is 22.3 Å². The zero-order valence-electron chi connectivity index (χ0n) is 18.9. The molecular weight excluding hydrogens is 408 g/mol. The molecule has 0 aliphatic heterocycles. The lowest BCUT2D eigenvalue weighted by Gasteiger charge is -2.14. The van der Waals surface area contributed by atoms with Crippen LogP contribution < -0.4 is 19.6 Å². The fraction of sp³-hybridized carbons (Fsp3) is 0.240. The number of aromatic nitrogens is 2. The summed E-state index contributed by atoms with van der Waals surface area (Å²) in [5, 5.41) is 0.458. The number of aryl methyl sites for hydroxylation is 4. The van der Waals surface area contributed by atoms with E-state index in [2.05, 4.69) is 9.97 Å². The Morgan fingerprint density at radius 2 is 1.53 bits per heavy atom. The molecule has 0 aliphatic rings. The quantitative estimate of drug-likeness (QED) is 0.423. The Morgan fingerprint density at radius 1 is 0.844 bits per heavy atom. The summed E-state index contributed by atoms with van der Waals surface area (Å²) in [6.45, 7) is 7.51. The first kappa shape index (κ1) is 21.4. The summed E-state index contributed by atoms with van der Waals surface area (Å²) >= 11 is 0. The Labute approximate surface area is 185 Å². The SMILES string of the molecule is COc1ccc(-c2oc3cc(C)cc(C)c3c(=O)c2Oc2nc(C)cc(C)n2)cc1OC. The molecule has 0 N–H and O–H groups in total. The molecule has 0 radical (unpaired) electrons. The highest BCUT2D eigenvalue weighted by Crippen LogP contribution is 2.38. The van der Waals surface area contributed by atoms with Gasteiger partial charge in [0, 0.05) is 17.0 Å². The maximum absolute atomic E-state index is 13.6. The largest absolute Gasteiger partial charge is 0.493 e. The summed E-state index contributed by atoms with van der Waals surface area (Å²) < 4.78 is 23.0. The van der Waals surface area contributed by atoms with Crippen LogP contribution in [0, 0.1) is 27.7 Å². The van der Waals surface area contributed by atoms with Crippen LogP contribution >= 0.6 is 0 Å². The van der Waals surface area contributed by atoms with Gasteiger partial charge in [-0.25, -0.2) is 9.97 Å². The monoisotopic (exact) mass is 432 g/mol. The van der Waals surface area contributed by atoms with Crippen molar-refractivity contribution in [1.82, 2.24) is 9.97 Å². The summed E-state index contributed by atoms with van der Waals surface area (Å²) in [5.41, 5.74) is 4.04. The zero-order chi connectivity index (χ0) is 23.0. The van der Waals surface area contributed by atoms with Gasteiger partial charge >= 0.3 is 6.01 Å². The van der Waals surface area contributed by atoms with Gasteiger partial charge in [0.2, 0.25) is 11.2 Å². The molecule has 0 amide bonds. The maximum Gasteiger partial charge on any atom is 0.322 e. The molecular formula is C25H24N2O5. The molecule has 7 nitrogen and oxygen atoms in total. The van der Waals surface area contributed by atoms with E-state index in [-0.39, 0.29) is 22.9 Å². The van der Waals surface area contributed by atoms with Gasteiger partial charge in [0.25, 0.3) is 0 Å². The molecule has 4 aromatic rings. The standard InChI is InChI=1S/C25H24N2O5/c1-13-9-14(2)21-20(10-13)31-23(17-7-8-18(29-5)19(12-17)30-6)24(22(21)28)32-25-26-15(3)11-16(4)27-25/h7-12H,1-6H3. The van der Waals surface area contributed by atoms with Gasteiger partial charge in [-0.15, -0.1) is 0 Å². The third kappa shape index (κ3) is 3.89. The Bertz CT molecular complexity index is 1370. The number of fused-ring (bicyclic) bond motifs is 1. The Kier molecular flexibility index (Phi) is 5.57. The van der Waals surface area contributed by atoms with E-state index < -0.39 is 0 Å². The van der Waals surface area contributed by atoms with E-state index in [9.17, 15) is 4.79 Å². The van der Waals surface area contributed by atoms with Gasteiger partial charge in [0.15, 0.2) is 17.3 Å². The number of ether oxygens (including phenoxy) is 3. The summed E-state index contributed by atoms with van der Waals surface area (Å²) in [7, 11) is 3.11. The minimum Gasteiger partial charge on any atom is -0.493 e. The molecule has 0 saturated heterocycles. The topological polar surface area (TPSA) is 83.7 Å². The number of benzene rings is 2. The van der Waals surface area contributed by atoms with E-state index in [0.29, 0.717) is 28.0 Å². The third-order valence-electron chi connectivity index (χ3n) is 5.10. The van der Waals surface area contributed by atoms with E-state index in [1.807, 2.05) is 45.9 Å². The summed E-state index contributed by atoms with van der Waals surface area (Å²) in [6, 6.07) is 11.0. The molecule has 2 aromatic carbocycles. The van der Waals surface area contributed by atoms with E-state index >= 15 is 0 Å². The molecule has 0 atom stereocenters. The Balaban J connectivity index is 2.02. The molecule has 164 valence electrons. The zero-order valence-corrected chi connectivity index (χ0v) is 18.9. The van der Waals surface area contributed by atoms with E-state index in [4.69, 9.17) is 18.6 Å². The molecule has 7 heteroatoms. The minimum absolute atomic E-state index is 0.0154. The van der Waals surface area contributed by atoms with E-state index in [1.54, 1.807) is 32.4 Å². The van der Waals surface area contributed by atoms with Crippen molar-refractivity contribution in [3.63, 3.8) is 0 Å². The lowest BCUT2D eigenvalue weighted by molar-refractivity contribution is 0.355. The summed E-state index contributed by atoms with van der Waals surface area (Å²) in [6.07, 6.45) is 0. The second kappa shape index (κ2) is 8.34. The van der Waals surface area contributed by atoms with Crippen molar-refractivity contribution in [2.75, 3.05) is 14.2 Å². The average molecular weight is 432 g/mol. The smallest absolute Gasteiger partial charge is 0.322 e. The van der Waals surface area contributed by atoms with Crippen molar-refractivity contribution in [2.45, 2.75) is 27.7 Å². The first-order valence-corrected chi connectivity index (χ1v) is 10.1. The lowest BCUT2D eigenvalue weighted by Crippen LogP contribution is -2.10. The van der Waals surface area contributed by atoms with Crippen LogP contribution in [0.1, 0.15) is 22.5 Å². The summed E-state index contributed by atoms with van der Waals surface area (Å²) in [4.78, 5) is 22.3. The molecule has 4 rings (SSSR count).